The number of amides is 2. The number of benzene rings is 2. The van der Waals surface area contributed by atoms with Crippen LogP contribution in [0, 0.1) is 0 Å². The van der Waals surface area contributed by atoms with Gasteiger partial charge >= 0.3 is 0 Å². The van der Waals surface area contributed by atoms with Gasteiger partial charge in [-0.15, -0.1) is 0 Å². The van der Waals surface area contributed by atoms with E-state index in [1.165, 1.54) is 0 Å². The van der Waals surface area contributed by atoms with Gasteiger partial charge in [0.1, 0.15) is 12.4 Å². The summed E-state index contributed by atoms with van der Waals surface area (Å²) in [6.07, 6.45) is 0.737. The van der Waals surface area contributed by atoms with Gasteiger partial charge < -0.3 is 10.2 Å². The average Bonchev–Trinajstić information content (AvgIpc) is 3.18. The predicted molar refractivity (Wildman–Crippen MR) is 136 cm³/mol. The molecule has 0 saturated carbocycles. The van der Waals surface area contributed by atoms with Crippen LogP contribution in [0.4, 0.5) is 5.82 Å². The largest absolute Gasteiger partial charge is 0.329 e. The highest BCUT2D eigenvalue weighted by atomic mass is 79.9. The second kappa shape index (κ2) is 10.5. The number of para-hydroxylation sites is 1. The van der Waals surface area contributed by atoms with E-state index in [4.69, 9.17) is 16.7 Å². The summed E-state index contributed by atoms with van der Waals surface area (Å²) < 4.78 is 2.53. The molecule has 0 saturated heterocycles. The van der Waals surface area contributed by atoms with Gasteiger partial charge in [-0.25, -0.2) is 4.68 Å². The fourth-order valence-electron chi connectivity index (χ4n) is 3.30. The molecule has 1 aromatic heterocycles. The summed E-state index contributed by atoms with van der Waals surface area (Å²) >= 11 is 9.79. The summed E-state index contributed by atoms with van der Waals surface area (Å²) in [6.45, 7) is 8.54. The number of rotatable bonds is 7. The van der Waals surface area contributed by atoms with Crippen molar-refractivity contribution in [1.29, 1.82) is 0 Å². The first-order chi connectivity index (χ1) is 15.6. The van der Waals surface area contributed by atoms with Gasteiger partial charge in [-0.05, 0) is 42.8 Å². The summed E-state index contributed by atoms with van der Waals surface area (Å²) in [4.78, 5) is 27.6. The molecule has 0 spiro atoms. The fourth-order valence-corrected chi connectivity index (χ4v) is 3.78. The Morgan fingerprint density at radius 3 is 2.39 bits per heavy atom. The maximum absolute atomic E-state index is 13.0. The minimum absolute atomic E-state index is 0.0682. The van der Waals surface area contributed by atoms with Crippen LogP contribution in [-0.4, -0.2) is 39.6 Å². The number of hydrogen-bond donors (Lipinski definition) is 1. The van der Waals surface area contributed by atoms with Crippen molar-refractivity contribution in [3.8, 4) is 5.69 Å². The van der Waals surface area contributed by atoms with Gasteiger partial charge in [0.05, 0.1) is 16.4 Å². The van der Waals surface area contributed by atoms with Crippen molar-refractivity contribution >= 4 is 45.2 Å². The summed E-state index contributed by atoms with van der Waals surface area (Å²) in [5.74, 6) is 0.0163. The molecule has 8 heteroatoms. The lowest BCUT2D eigenvalue weighted by Gasteiger charge is -2.22. The molecule has 1 heterocycles. The van der Waals surface area contributed by atoms with Crippen LogP contribution < -0.4 is 5.32 Å². The SMILES string of the molecule is CCCN(CC(=O)Nc1cc(C(C)(C)C)nn1-c1ccccc1Cl)C(=O)c1ccc(Br)cc1. The molecule has 0 unspecified atom stereocenters. The van der Waals surface area contributed by atoms with Crippen LogP contribution >= 0.6 is 27.5 Å². The molecule has 0 aliphatic heterocycles. The van der Waals surface area contributed by atoms with Crippen molar-refractivity contribution in [2.45, 2.75) is 39.5 Å². The van der Waals surface area contributed by atoms with Gasteiger partial charge in [0, 0.05) is 28.1 Å². The van der Waals surface area contributed by atoms with Crippen LogP contribution in [0.15, 0.2) is 59.1 Å². The first kappa shape index (κ1) is 25.0. The Morgan fingerprint density at radius 2 is 1.79 bits per heavy atom. The molecule has 0 radical (unpaired) electrons. The standard InChI is InChI=1S/C25H28BrClN4O2/c1-5-14-30(24(33)17-10-12-18(26)13-11-17)16-23(32)28-22-15-21(25(2,3)4)29-31(22)20-9-7-6-8-19(20)27/h6-13,15H,5,14,16H2,1-4H3,(H,28,32). The number of carbonyl (C=O) groups excluding carboxylic acids is 2. The highest BCUT2D eigenvalue weighted by molar-refractivity contribution is 9.10. The number of hydrogen-bond acceptors (Lipinski definition) is 3. The van der Waals surface area contributed by atoms with Gasteiger partial charge in [0.25, 0.3) is 5.91 Å². The molecule has 0 bridgehead atoms. The monoisotopic (exact) mass is 530 g/mol. The van der Waals surface area contributed by atoms with Crippen LogP contribution in [0.1, 0.15) is 50.2 Å². The zero-order valence-electron chi connectivity index (χ0n) is 19.2. The van der Waals surface area contributed by atoms with Crippen molar-refractivity contribution in [3.63, 3.8) is 0 Å². The third-order valence-corrected chi connectivity index (χ3v) is 5.88. The number of carbonyl (C=O) groups is 2. The van der Waals surface area contributed by atoms with E-state index in [0.717, 1.165) is 16.6 Å². The van der Waals surface area contributed by atoms with Crippen molar-refractivity contribution in [2.24, 2.45) is 0 Å². The van der Waals surface area contributed by atoms with Gasteiger partial charge in [-0.3, -0.25) is 9.59 Å². The highest BCUT2D eigenvalue weighted by Gasteiger charge is 2.24. The van der Waals surface area contributed by atoms with E-state index in [0.29, 0.717) is 28.6 Å². The molecule has 3 rings (SSSR count). The van der Waals surface area contributed by atoms with Crippen LogP contribution in [0.2, 0.25) is 5.02 Å². The average molecular weight is 532 g/mol. The first-order valence-electron chi connectivity index (χ1n) is 10.8. The summed E-state index contributed by atoms with van der Waals surface area (Å²) in [6, 6.07) is 16.3. The Kier molecular flexibility index (Phi) is 7.97. The minimum Gasteiger partial charge on any atom is -0.329 e. The number of aromatic nitrogens is 2. The maximum Gasteiger partial charge on any atom is 0.254 e. The fraction of sp³-hybridized carbons (Fsp3) is 0.320. The number of nitrogens with one attached hydrogen (secondary N) is 1. The Bertz CT molecular complexity index is 1140. The maximum atomic E-state index is 13.0. The van der Waals surface area contributed by atoms with Gasteiger partial charge in [-0.1, -0.05) is 67.4 Å². The third-order valence-electron chi connectivity index (χ3n) is 5.03. The lowest BCUT2D eigenvalue weighted by Crippen LogP contribution is -2.38. The quantitative estimate of drug-likeness (QED) is 0.402. The normalized spacial score (nSPS) is 11.3. The molecule has 174 valence electrons. The Balaban J connectivity index is 1.86. The Hall–Kier alpha value is -2.64. The van der Waals surface area contributed by atoms with Crippen LogP contribution in [-0.2, 0) is 10.2 Å². The van der Waals surface area contributed by atoms with Gasteiger partial charge in [-0.2, -0.15) is 5.10 Å². The molecule has 0 atom stereocenters. The summed E-state index contributed by atoms with van der Waals surface area (Å²) in [5, 5.41) is 8.16. The molecular weight excluding hydrogens is 504 g/mol. The summed E-state index contributed by atoms with van der Waals surface area (Å²) in [7, 11) is 0. The molecule has 33 heavy (non-hydrogen) atoms. The lowest BCUT2D eigenvalue weighted by molar-refractivity contribution is -0.116. The molecule has 2 aromatic carbocycles. The zero-order valence-corrected chi connectivity index (χ0v) is 21.6. The Morgan fingerprint density at radius 1 is 1.12 bits per heavy atom. The van der Waals surface area contributed by atoms with E-state index in [9.17, 15) is 9.59 Å². The van der Waals surface area contributed by atoms with E-state index >= 15 is 0 Å². The minimum atomic E-state index is -0.303. The number of anilines is 1. The van der Waals surface area contributed by atoms with Crippen LogP contribution in [0.5, 0.6) is 0 Å². The predicted octanol–water partition coefficient (Wildman–Crippen LogP) is 6.08. The van der Waals surface area contributed by atoms with Crippen molar-refractivity contribution in [3.05, 3.63) is 75.4 Å². The van der Waals surface area contributed by atoms with Gasteiger partial charge in [0.2, 0.25) is 5.91 Å². The highest BCUT2D eigenvalue weighted by Crippen LogP contribution is 2.29. The second-order valence-corrected chi connectivity index (χ2v) is 10.1. The lowest BCUT2D eigenvalue weighted by atomic mass is 9.92. The summed E-state index contributed by atoms with van der Waals surface area (Å²) in [5.41, 5.74) is 1.79. The molecule has 0 aliphatic carbocycles. The molecule has 0 aliphatic rings. The van der Waals surface area contributed by atoms with Crippen molar-refractivity contribution < 1.29 is 9.59 Å². The first-order valence-corrected chi connectivity index (χ1v) is 12.0. The van der Waals surface area contributed by atoms with E-state index in [-0.39, 0.29) is 23.8 Å². The van der Waals surface area contributed by atoms with E-state index in [1.807, 2.05) is 43.3 Å². The number of nitrogens with zero attached hydrogens (tertiary/aromatic N) is 3. The van der Waals surface area contributed by atoms with Crippen molar-refractivity contribution in [2.75, 3.05) is 18.4 Å². The molecule has 2 amide bonds. The molecule has 0 fully saturated rings. The van der Waals surface area contributed by atoms with E-state index < -0.39 is 0 Å². The van der Waals surface area contributed by atoms with E-state index in [2.05, 4.69) is 42.0 Å². The topological polar surface area (TPSA) is 67.2 Å². The van der Waals surface area contributed by atoms with Gasteiger partial charge in [0.15, 0.2) is 0 Å². The molecular formula is C25H28BrClN4O2. The van der Waals surface area contributed by atoms with Crippen molar-refractivity contribution in [1.82, 2.24) is 14.7 Å². The number of halogens is 2. The third kappa shape index (κ3) is 6.24. The molecule has 1 N–H and O–H groups in total. The van der Waals surface area contributed by atoms with Crippen LogP contribution in [0.3, 0.4) is 0 Å². The smallest absolute Gasteiger partial charge is 0.254 e. The van der Waals surface area contributed by atoms with Crippen LogP contribution in [0.25, 0.3) is 5.69 Å². The zero-order chi connectivity index (χ0) is 24.2. The molecule has 6 nitrogen and oxygen atoms in total. The Labute approximate surface area is 208 Å². The second-order valence-electron chi connectivity index (χ2n) is 8.81. The van der Waals surface area contributed by atoms with E-state index in [1.54, 1.807) is 27.8 Å². The molecule has 3 aromatic rings.